The molecule has 1 saturated carbocycles. The molecular formula is C21H28N2O. The smallest absolute Gasteiger partial charge is 0.255 e. The Kier molecular flexibility index (Phi) is 4.79. The lowest BCUT2D eigenvalue weighted by atomic mass is 10.1. The third-order valence-electron chi connectivity index (χ3n) is 5.58. The standard InChI is InChI=1S/C21H28N2O/c1-15-14-20(21(24)22(4)19-12-8-9-13-19)17(3)23(15)16(2)18-10-6-5-7-11-18/h5-7,10-11,14,16,19H,8-9,12-13H2,1-4H3. The molecule has 1 aromatic carbocycles. The van der Waals surface area contributed by atoms with Crippen LogP contribution in [0.15, 0.2) is 36.4 Å². The van der Waals surface area contributed by atoms with E-state index in [1.807, 2.05) is 18.0 Å². The molecule has 0 N–H and O–H groups in total. The molecule has 0 saturated heterocycles. The van der Waals surface area contributed by atoms with Crippen molar-refractivity contribution in [1.82, 2.24) is 9.47 Å². The SMILES string of the molecule is Cc1cc(C(=O)N(C)C2CCCC2)c(C)n1C(C)c1ccccc1. The summed E-state index contributed by atoms with van der Waals surface area (Å²) in [7, 11) is 1.96. The Morgan fingerprint density at radius 1 is 1.17 bits per heavy atom. The molecule has 1 heterocycles. The fraction of sp³-hybridized carbons (Fsp3) is 0.476. The maximum Gasteiger partial charge on any atom is 0.255 e. The van der Waals surface area contributed by atoms with Crippen molar-refractivity contribution in [3.8, 4) is 0 Å². The number of hydrogen-bond acceptors (Lipinski definition) is 1. The fourth-order valence-corrected chi connectivity index (χ4v) is 4.12. The van der Waals surface area contributed by atoms with E-state index in [-0.39, 0.29) is 11.9 Å². The number of nitrogens with zero attached hydrogens (tertiary/aromatic N) is 2. The number of hydrogen-bond donors (Lipinski definition) is 0. The zero-order valence-electron chi connectivity index (χ0n) is 15.2. The van der Waals surface area contributed by atoms with Crippen LogP contribution in [0.4, 0.5) is 0 Å². The fourth-order valence-electron chi connectivity index (χ4n) is 4.12. The van der Waals surface area contributed by atoms with E-state index >= 15 is 0 Å². The van der Waals surface area contributed by atoms with Crippen LogP contribution in [0.25, 0.3) is 0 Å². The molecule has 0 bridgehead atoms. The normalized spacial score (nSPS) is 16.3. The van der Waals surface area contributed by atoms with Gasteiger partial charge in [0.2, 0.25) is 0 Å². The van der Waals surface area contributed by atoms with Crippen LogP contribution in [0.3, 0.4) is 0 Å². The highest BCUT2D eigenvalue weighted by atomic mass is 16.2. The average Bonchev–Trinajstić information content (AvgIpc) is 3.22. The Balaban J connectivity index is 1.90. The minimum atomic E-state index is 0.168. The topological polar surface area (TPSA) is 25.2 Å². The summed E-state index contributed by atoms with van der Waals surface area (Å²) < 4.78 is 2.28. The molecule has 1 unspecified atom stereocenters. The predicted octanol–water partition coefficient (Wildman–Crippen LogP) is 4.73. The van der Waals surface area contributed by atoms with E-state index in [2.05, 4.69) is 55.7 Å². The molecule has 1 amide bonds. The van der Waals surface area contributed by atoms with Gasteiger partial charge in [-0.3, -0.25) is 4.79 Å². The Labute approximate surface area is 145 Å². The summed E-state index contributed by atoms with van der Waals surface area (Å²) in [5.41, 5.74) is 4.33. The van der Waals surface area contributed by atoms with Crippen LogP contribution in [-0.4, -0.2) is 28.5 Å². The van der Waals surface area contributed by atoms with Crippen LogP contribution in [0, 0.1) is 13.8 Å². The van der Waals surface area contributed by atoms with Crippen LogP contribution in [0.5, 0.6) is 0 Å². The lowest BCUT2D eigenvalue weighted by molar-refractivity contribution is 0.0734. The zero-order valence-corrected chi connectivity index (χ0v) is 15.2. The second kappa shape index (κ2) is 6.84. The monoisotopic (exact) mass is 324 g/mol. The maximum absolute atomic E-state index is 13.0. The molecule has 3 heteroatoms. The van der Waals surface area contributed by atoms with Crippen molar-refractivity contribution in [3.05, 3.63) is 58.9 Å². The predicted molar refractivity (Wildman–Crippen MR) is 98.5 cm³/mol. The van der Waals surface area contributed by atoms with Gasteiger partial charge in [-0.25, -0.2) is 0 Å². The quantitative estimate of drug-likeness (QED) is 0.798. The van der Waals surface area contributed by atoms with Gasteiger partial charge in [-0.1, -0.05) is 43.2 Å². The van der Waals surface area contributed by atoms with Crippen molar-refractivity contribution in [1.29, 1.82) is 0 Å². The van der Waals surface area contributed by atoms with Crippen molar-refractivity contribution in [2.45, 2.75) is 58.5 Å². The number of benzene rings is 1. The number of amides is 1. The minimum Gasteiger partial charge on any atom is -0.341 e. The van der Waals surface area contributed by atoms with Crippen LogP contribution >= 0.6 is 0 Å². The van der Waals surface area contributed by atoms with Crippen LogP contribution in [0.2, 0.25) is 0 Å². The molecule has 24 heavy (non-hydrogen) atoms. The molecule has 1 aromatic heterocycles. The van der Waals surface area contributed by atoms with E-state index in [1.54, 1.807) is 0 Å². The summed E-state index contributed by atoms with van der Waals surface area (Å²) in [6, 6.07) is 13.2. The van der Waals surface area contributed by atoms with Crippen molar-refractivity contribution < 1.29 is 4.79 Å². The molecule has 128 valence electrons. The summed E-state index contributed by atoms with van der Waals surface area (Å²) in [5, 5.41) is 0. The third-order valence-corrected chi connectivity index (χ3v) is 5.58. The Bertz CT molecular complexity index is 711. The third kappa shape index (κ3) is 3.00. The van der Waals surface area contributed by atoms with Gasteiger partial charge in [0.05, 0.1) is 11.6 Å². The van der Waals surface area contributed by atoms with Gasteiger partial charge in [0, 0.05) is 24.5 Å². The molecule has 1 atom stereocenters. The molecule has 0 spiro atoms. The summed E-state index contributed by atoms with van der Waals surface area (Å²) in [4.78, 5) is 15.0. The maximum atomic E-state index is 13.0. The number of aryl methyl sites for hydroxylation is 1. The van der Waals surface area contributed by atoms with Crippen LogP contribution in [0.1, 0.15) is 66.0 Å². The molecular weight excluding hydrogens is 296 g/mol. The molecule has 0 radical (unpaired) electrons. The highest BCUT2D eigenvalue weighted by molar-refractivity contribution is 5.95. The van der Waals surface area contributed by atoms with Gasteiger partial charge < -0.3 is 9.47 Å². The summed E-state index contributed by atoms with van der Waals surface area (Å²) in [6.45, 7) is 6.37. The first kappa shape index (κ1) is 16.8. The van der Waals surface area contributed by atoms with E-state index in [1.165, 1.54) is 18.4 Å². The lowest BCUT2D eigenvalue weighted by Crippen LogP contribution is -2.35. The van der Waals surface area contributed by atoms with Gasteiger partial charge in [0.1, 0.15) is 0 Å². The van der Waals surface area contributed by atoms with E-state index in [4.69, 9.17) is 0 Å². The summed E-state index contributed by atoms with van der Waals surface area (Å²) in [5.74, 6) is 0.168. The molecule has 3 rings (SSSR count). The molecule has 1 aliphatic carbocycles. The number of carbonyl (C=O) groups excluding carboxylic acids is 1. The van der Waals surface area contributed by atoms with Gasteiger partial charge in [-0.2, -0.15) is 0 Å². The Morgan fingerprint density at radius 2 is 1.79 bits per heavy atom. The number of rotatable bonds is 4. The van der Waals surface area contributed by atoms with E-state index in [9.17, 15) is 4.79 Å². The van der Waals surface area contributed by atoms with E-state index in [0.29, 0.717) is 6.04 Å². The zero-order chi connectivity index (χ0) is 17.3. The highest BCUT2D eigenvalue weighted by Gasteiger charge is 2.27. The van der Waals surface area contributed by atoms with Crippen molar-refractivity contribution in [3.63, 3.8) is 0 Å². The lowest BCUT2D eigenvalue weighted by Gasteiger charge is -2.25. The summed E-state index contributed by atoms with van der Waals surface area (Å²) >= 11 is 0. The first-order chi connectivity index (χ1) is 11.5. The highest BCUT2D eigenvalue weighted by Crippen LogP contribution is 2.28. The van der Waals surface area contributed by atoms with Crippen LogP contribution < -0.4 is 0 Å². The average molecular weight is 324 g/mol. The molecule has 1 fully saturated rings. The van der Waals surface area contributed by atoms with Crippen molar-refractivity contribution >= 4 is 5.91 Å². The second-order valence-electron chi connectivity index (χ2n) is 7.10. The molecule has 1 aliphatic rings. The van der Waals surface area contributed by atoms with Gasteiger partial charge in [0.25, 0.3) is 5.91 Å². The summed E-state index contributed by atoms with van der Waals surface area (Å²) in [6.07, 6.45) is 4.77. The van der Waals surface area contributed by atoms with Crippen molar-refractivity contribution in [2.75, 3.05) is 7.05 Å². The number of carbonyl (C=O) groups is 1. The van der Waals surface area contributed by atoms with Gasteiger partial charge in [-0.05, 0) is 45.2 Å². The van der Waals surface area contributed by atoms with Gasteiger partial charge >= 0.3 is 0 Å². The van der Waals surface area contributed by atoms with Crippen LogP contribution in [-0.2, 0) is 0 Å². The molecule has 0 aliphatic heterocycles. The Hall–Kier alpha value is -2.03. The largest absolute Gasteiger partial charge is 0.341 e. The van der Waals surface area contributed by atoms with Gasteiger partial charge in [0.15, 0.2) is 0 Å². The first-order valence-electron chi connectivity index (χ1n) is 9.01. The minimum absolute atomic E-state index is 0.168. The molecule has 2 aromatic rings. The first-order valence-corrected chi connectivity index (χ1v) is 9.01. The molecule has 3 nitrogen and oxygen atoms in total. The van der Waals surface area contributed by atoms with E-state index in [0.717, 1.165) is 29.8 Å². The van der Waals surface area contributed by atoms with E-state index < -0.39 is 0 Å². The van der Waals surface area contributed by atoms with Crippen molar-refractivity contribution in [2.24, 2.45) is 0 Å². The Morgan fingerprint density at radius 3 is 2.42 bits per heavy atom. The second-order valence-corrected chi connectivity index (χ2v) is 7.10. The van der Waals surface area contributed by atoms with Gasteiger partial charge in [-0.15, -0.1) is 0 Å². The number of aromatic nitrogens is 1.